The molecule has 1 rings (SSSR count). The molecule has 24 heavy (non-hydrogen) atoms. The summed E-state index contributed by atoms with van der Waals surface area (Å²) in [4.78, 5) is 11.5. The summed E-state index contributed by atoms with van der Waals surface area (Å²) in [6.45, 7) is 2.75. The van der Waals surface area contributed by atoms with E-state index >= 15 is 0 Å². The van der Waals surface area contributed by atoms with Gasteiger partial charge in [0, 0.05) is 6.07 Å². The van der Waals surface area contributed by atoms with Gasteiger partial charge < -0.3 is 9.26 Å². The molecule has 0 aromatic carbocycles. The van der Waals surface area contributed by atoms with E-state index in [2.05, 4.69) is 16.6 Å². The average molecular weight is 338 g/mol. The molecule has 0 fully saturated rings. The number of unbranched alkanes of at least 4 members (excludes halogenated alkanes) is 13. The molecular formula is C20H35NO3. The lowest BCUT2D eigenvalue weighted by molar-refractivity contribution is 0.0486. The Labute approximate surface area is 147 Å². The van der Waals surface area contributed by atoms with Gasteiger partial charge >= 0.3 is 5.97 Å². The number of esters is 1. The summed E-state index contributed by atoms with van der Waals surface area (Å²) in [6, 6.07) is 1.52. The lowest BCUT2D eigenvalue weighted by Crippen LogP contribution is -2.06. The summed E-state index contributed by atoms with van der Waals surface area (Å²) in [5.74, 6) is -0.390. The fourth-order valence-corrected chi connectivity index (χ4v) is 2.85. The fraction of sp³-hybridized carbons (Fsp3) is 0.800. The van der Waals surface area contributed by atoms with Gasteiger partial charge in [0.1, 0.15) is 6.26 Å². The van der Waals surface area contributed by atoms with Crippen molar-refractivity contribution in [2.75, 3.05) is 6.61 Å². The summed E-state index contributed by atoms with van der Waals surface area (Å²) < 4.78 is 9.75. The van der Waals surface area contributed by atoms with Gasteiger partial charge in [-0.25, -0.2) is 4.79 Å². The molecular weight excluding hydrogens is 302 g/mol. The number of carbonyl (C=O) groups excluding carboxylic acids is 1. The van der Waals surface area contributed by atoms with E-state index in [1.807, 2.05) is 0 Å². The number of rotatable bonds is 16. The van der Waals surface area contributed by atoms with Crippen LogP contribution in [0, 0.1) is 0 Å². The van der Waals surface area contributed by atoms with Crippen molar-refractivity contribution in [1.29, 1.82) is 0 Å². The Bertz CT molecular complexity index is 390. The number of hydrogen-bond acceptors (Lipinski definition) is 4. The van der Waals surface area contributed by atoms with E-state index < -0.39 is 5.97 Å². The molecule has 4 nitrogen and oxygen atoms in total. The summed E-state index contributed by atoms with van der Waals surface area (Å²) >= 11 is 0. The maximum absolute atomic E-state index is 11.5. The molecule has 1 aromatic rings. The van der Waals surface area contributed by atoms with Crippen molar-refractivity contribution in [3.63, 3.8) is 0 Å². The zero-order chi connectivity index (χ0) is 17.3. The van der Waals surface area contributed by atoms with E-state index in [1.54, 1.807) is 0 Å². The maximum Gasteiger partial charge on any atom is 0.360 e. The van der Waals surface area contributed by atoms with Crippen LogP contribution in [0.1, 0.15) is 107 Å². The Morgan fingerprint density at radius 1 is 0.875 bits per heavy atom. The highest BCUT2D eigenvalue weighted by molar-refractivity contribution is 5.86. The molecule has 0 spiro atoms. The van der Waals surface area contributed by atoms with Gasteiger partial charge in [-0.1, -0.05) is 95.6 Å². The van der Waals surface area contributed by atoms with Crippen LogP contribution in [0.4, 0.5) is 0 Å². The van der Waals surface area contributed by atoms with E-state index in [-0.39, 0.29) is 5.69 Å². The van der Waals surface area contributed by atoms with Crippen LogP contribution in [0.25, 0.3) is 0 Å². The van der Waals surface area contributed by atoms with E-state index in [0.29, 0.717) is 6.61 Å². The average Bonchev–Trinajstić information content (AvgIpc) is 3.13. The van der Waals surface area contributed by atoms with Crippen molar-refractivity contribution < 1.29 is 14.1 Å². The molecule has 0 aliphatic carbocycles. The van der Waals surface area contributed by atoms with Crippen LogP contribution in [-0.4, -0.2) is 17.7 Å². The molecule has 4 heteroatoms. The highest BCUT2D eigenvalue weighted by Crippen LogP contribution is 2.13. The van der Waals surface area contributed by atoms with Gasteiger partial charge in [0.25, 0.3) is 0 Å². The highest BCUT2D eigenvalue weighted by atomic mass is 16.5. The first kappa shape index (κ1) is 20.7. The lowest BCUT2D eigenvalue weighted by atomic mass is 10.0. The SMILES string of the molecule is CCCCCCCCCCCCCCCCOC(=O)c1ccon1. The Hall–Kier alpha value is -1.32. The zero-order valence-electron chi connectivity index (χ0n) is 15.4. The van der Waals surface area contributed by atoms with Gasteiger partial charge in [0.2, 0.25) is 0 Å². The van der Waals surface area contributed by atoms with Crippen molar-refractivity contribution in [2.24, 2.45) is 0 Å². The van der Waals surface area contributed by atoms with E-state index in [1.165, 1.54) is 89.4 Å². The van der Waals surface area contributed by atoms with E-state index in [9.17, 15) is 4.79 Å². The molecule has 0 amide bonds. The monoisotopic (exact) mass is 337 g/mol. The van der Waals surface area contributed by atoms with Crippen LogP contribution in [-0.2, 0) is 4.74 Å². The van der Waals surface area contributed by atoms with Crippen molar-refractivity contribution in [3.05, 3.63) is 18.0 Å². The van der Waals surface area contributed by atoms with E-state index in [4.69, 9.17) is 4.74 Å². The highest BCUT2D eigenvalue weighted by Gasteiger charge is 2.09. The molecule has 0 bridgehead atoms. The largest absolute Gasteiger partial charge is 0.461 e. The number of aromatic nitrogens is 1. The maximum atomic E-state index is 11.5. The predicted octanol–water partition coefficient (Wildman–Crippen LogP) is 6.31. The first-order valence-corrected chi connectivity index (χ1v) is 9.92. The lowest BCUT2D eigenvalue weighted by Gasteiger charge is -2.04. The van der Waals surface area contributed by atoms with Crippen molar-refractivity contribution >= 4 is 5.97 Å². The summed E-state index contributed by atoms with van der Waals surface area (Å²) in [7, 11) is 0. The molecule has 0 saturated heterocycles. The topological polar surface area (TPSA) is 52.3 Å². The van der Waals surface area contributed by atoms with Gasteiger partial charge in [0.05, 0.1) is 6.61 Å². The van der Waals surface area contributed by atoms with Gasteiger partial charge in [-0.15, -0.1) is 0 Å². The summed E-state index contributed by atoms with van der Waals surface area (Å²) in [5, 5.41) is 3.56. The van der Waals surface area contributed by atoms with Gasteiger partial charge in [-0.3, -0.25) is 0 Å². The Morgan fingerprint density at radius 2 is 1.38 bits per heavy atom. The molecule has 0 saturated carbocycles. The van der Waals surface area contributed by atoms with Crippen molar-refractivity contribution in [2.45, 2.75) is 96.8 Å². The quantitative estimate of drug-likeness (QED) is 0.262. The number of nitrogens with zero attached hydrogens (tertiary/aromatic N) is 1. The van der Waals surface area contributed by atoms with Crippen LogP contribution in [0.15, 0.2) is 16.9 Å². The van der Waals surface area contributed by atoms with Crippen LogP contribution >= 0.6 is 0 Å². The molecule has 1 aromatic heterocycles. The number of ether oxygens (including phenoxy) is 1. The van der Waals surface area contributed by atoms with Gasteiger partial charge in [0.15, 0.2) is 5.69 Å². The third-order valence-electron chi connectivity index (χ3n) is 4.38. The summed E-state index contributed by atoms with van der Waals surface area (Å²) in [5.41, 5.74) is 0.250. The van der Waals surface area contributed by atoms with Crippen LogP contribution in [0.3, 0.4) is 0 Å². The molecule has 0 atom stereocenters. The van der Waals surface area contributed by atoms with Crippen LogP contribution in [0.2, 0.25) is 0 Å². The third kappa shape index (κ3) is 11.3. The Kier molecular flexibility index (Phi) is 13.1. The van der Waals surface area contributed by atoms with E-state index in [0.717, 1.165) is 12.8 Å². The van der Waals surface area contributed by atoms with Gasteiger partial charge in [-0.2, -0.15) is 0 Å². The second-order valence-corrected chi connectivity index (χ2v) is 6.62. The zero-order valence-corrected chi connectivity index (χ0v) is 15.4. The molecule has 138 valence electrons. The predicted molar refractivity (Wildman–Crippen MR) is 97.1 cm³/mol. The second-order valence-electron chi connectivity index (χ2n) is 6.62. The third-order valence-corrected chi connectivity index (χ3v) is 4.38. The first-order chi connectivity index (χ1) is 11.8. The second kappa shape index (κ2) is 15.2. The smallest absolute Gasteiger partial charge is 0.360 e. The van der Waals surface area contributed by atoms with Crippen molar-refractivity contribution in [3.8, 4) is 0 Å². The minimum atomic E-state index is -0.390. The summed E-state index contributed by atoms with van der Waals surface area (Å²) in [6.07, 6.45) is 19.9. The number of carbonyl (C=O) groups is 1. The first-order valence-electron chi connectivity index (χ1n) is 9.92. The molecule has 0 aliphatic rings. The molecule has 0 radical (unpaired) electrons. The minimum absolute atomic E-state index is 0.250. The molecule has 0 aliphatic heterocycles. The van der Waals surface area contributed by atoms with Crippen molar-refractivity contribution in [1.82, 2.24) is 5.16 Å². The van der Waals surface area contributed by atoms with Crippen LogP contribution < -0.4 is 0 Å². The molecule has 0 N–H and O–H groups in total. The van der Waals surface area contributed by atoms with Crippen LogP contribution in [0.5, 0.6) is 0 Å². The number of hydrogen-bond donors (Lipinski definition) is 0. The standard InChI is InChI=1S/C20H35NO3/c1-2-3-4-5-6-7-8-9-10-11-12-13-14-15-17-23-20(22)19-16-18-24-21-19/h16,18H,2-15,17H2,1H3. The minimum Gasteiger partial charge on any atom is -0.461 e. The van der Waals surface area contributed by atoms with Gasteiger partial charge in [-0.05, 0) is 6.42 Å². The Balaban J connectivity index is 1.74. The fourth-order valence-electron chi connectivity index (χ4n) is 2.85. The molecule has 0 unspecified atom stereocenters. The molecule has 1 heterocycles. The Morgan fingerprint density at radius 3 is 1.83 bits per heavy atom. The normalized spacial score (nSPS) is 10.9.